The summed E-state index contributed by atoms with van der Waals surface area (Å²) >= 11 is 6.51. The molecule has 3 heterocycles. The average Bonchev–Trinajstić information content (AvgIpc) is 3.38. The van der Waals surface area contributed by atoms with Crippen molar-refractivity contribution in [2.45, 2.75) is 44.2 Å². The van der Waals surface area contributed by atoms with Crippen LogP contribution in [0.5, 0.6) is 0 Å². The Morgan fingerprint density at radius 2 is 2.00 bits per heavy atom. The Bertz CT molecular complexity index is 1600. The summed E-state index contributed by atoms with van der Waals surface area (Å²) in [6.45, 7) is 2.71. The van der Waals surface area contributed by atoms with Crippen molar-refractivity contribution in [1.82, 2.24) is 30.2 Å². The minimum absolute atomic E-state index is 0.0622. The van der Waals surface area contributed by atoms with E-state index in [1.54, 1.807) is 24.4 Å². The molecule has 0 aliphatic heterocycles. The van der Waals surface area contributed by atoms with Crippen LogP contribution in [-0.2, 0) is 4.79 Å². The number of aromatic nitrogens is 4. The zero-order valence-corrected chi connectivity index (χ0v) is 24.7. The van der Waals surface area contributed by atoms with Gasteiger partial charge in [0, 0.05) is 46.9 Å². The Morgan fingerprint density at radius 3 is 2.79 bits per heavy atom. The van der Waals surface area contributed by atoms with Gasteiger partial charge >= 0.3 is 0 Å². The van der Waals surface area contributed by atoms with Crippen molar-refractivity contribution in [3.8, 4) is 11.3 Å². The zero-order valence-electron chi connectivity index (χ0n) is 23.9. The molecule has 0 spiro atoms. The predicted octanol–water partition coefficient (Wildman–Crippen LogP) is 5.27. The monoisotopic (exact) mass is 586 g/mol. The highest BCUT2D eigenvalue weighted by Crippen LogP contribution is 2.34. The lowest BCUT2D eigenvalue weighted by Gasteiger charge is -2.39. The second kappa shape index (κ2) is 12.7. The van der Waals surface area contributed by atoms with Crippen molar-refractivity contribution in [1.29, 1.82) is 0 Å². The van der Waals surface area contributed by atoms with E-state index in [1.165, 1.54) is 12.3 Å². The number of aromatic amines is 1. The van der Waals surface area contributed by atoms with Crippen LogP contribution in [0.3, 0.4) is 0 Å². The van der Waals surface area contributed by atoms with Crippen LogP contribution in [0.2, 0.25) is 5.02 Å². The van der Waals surface area contributed by atoms with Gasteiger partial charge in [0.2, 0.25) is 11.9 Å². The third-order valence-corrected chi connectivity index (χ3v) is 7.60. The van der Waals surface area contributed by atoms with Crippen molar-refractivity contribution in [3.05, 3.63) is 77.9 Å². The van der Waals surface area contributed by atoms with Crippen LogP contribution in [0.15, 0.2) is 67.1 Å². The van der Waals surface area contributed by atoms with Crippen LogP contribution in [0.4, 0.5) is 11.6 Å². The second-order valence-electron chi connectivity index (χ2n) is 11.2. The minimum atomic E-state index is -0.440. The summed E-state index contributed by atoms with van der Waals surface area (Å²) in [5.41, 5.74) is 2.96. The van der Waals surface area contributed by atoms with E-state index in [1.807, 2.05) is 56.4 Å². The first kappa shape index (κ1) is 29.2. The molecule has 10 nitrogen and oxygen atoms in total. The molecule has 218 valence electrons. The molecule has 4 aromatic rings. The van der Waals surface area contributed by atoms with Crippen LogP contribution in [0, 0.1) is 0 Å². The van der Waals surface area contributed by atoms with Gasteiger partial charge in [0.15, 0.2) is 0 Å². The number of carbonyl (C=O) groups excluding carboxylic acids is 2. The summed E-state index contributed by atoms with van der Waals surface area (Å²) in [7, 11) is 3.85. The zero-order chi connectivity index (χ0) is 29.7. The quantitative estimate of drug-likeness (QED) is 0.197. The van der Waals surface area contributed by atoms with Gasteiger partial charge in [-0.15, -0.1) is 0 Å². The van der Waals surface area contributed by atoms with E-state index in [4.69, 9.17) is 16.6 Å². The first-order valence-electron chi connectivity index (χ1n) is 14.0. The number of para-hydroxylation sites is 1. The van der Waals surface area contributed by atoms with E-state index in [-0.39, 0.29) is 23.6 Å². The van der Waals surface area contributed by atoms with Crippen LogP contribution >= 0.6 is 11.6 Å². The Labute approximate surface area is 250 Å². The molecule has 1 aliphatic carbocycles. The Kier molecular flexibility index (Phi) is 8.84. The van der Waals surface area contributed by atoms with Crippen molar-refractivity contribution in [2.24, 2.45) is 0 Å². The predicted molar refractivity (Wildman–Crippen MR) is 167 cm³/mol. The normalized spacial score (nSPS) is 18.8. The highest BCUT2D eigenvalue weighted by Gasteiger charge is 2.34. The number of H-pyrrole nitrogens is 1. The Morgan fingerprint density at radius 1 is 1.17 bits per heavy atom. The number of hydrogen-bond acceptors (Lipinski definition) is 7. The molecule has 0 radical (unpaired) electrons. The maximum absolute atomic E-state index is 13.1. The van der Waals surface area contributed by atoms with E-state index in [2.05, 4.69) is 30.9 Å². The summed E-state index contributed by atoms with van der Waals surface area (Å²) in [6, 6.07) is 11.4. The summed E-state index contributed by atoms with van der Waals surface area (Å²) < 4.78 is 0. The van der Waals surface area contributed by atoms with Gasteiger partial charge in [0.1, 0.15) is 5.69 Å². The van der Waals surface area contributed by atoms with Crippen molar-refractivity contribution >= 4 is 46.0 Å². The molecule has 0 bridgehead atoms. The number of nitrogens with one attached hydrogen (secondary N) is 4. The van der Waals surface area contributed by atoms with Crippen LogP contribution in [0.1, 0.15) is 43.1 Å². The molecule has 1 fully saturated rings. The summed E-state index contributed by atoms with van der Waals surface area (Å²) in [5.74, 6) is -0.00950. The number of likely N-dealkylation sites (N-methyl/N-ethyl adjacent to an activating group) is 1. The van der Waals surface area contributed by atoms with Gasteiger partial charge < -0.3 is 25.8 Å². The van der Waals surface area contributed by atoms with Crippen LogP contribution < -0.4 is 16.0 Å². The molecule has 11 heteroatoms. The van der Waals surface area contributed by atoms with Crippen molar-refractivity contribution in [2.75, 3.05) is 31.3 Å². The fraction of sp³-hybridized carbons (Fsp3) is 0.323. The number of anilines is 2. The number of fused-ring (bicyclic) bond motifs is 1. The summed E-state index contributed by atoms with van der Waals surface area (Å²) in [5, 5.41) is 10.9. The third-order valence-electron chi connectivity index (χ3n) is 7.32. The number of rotatable bonds is 9. The SMILES string of the molecule is CN(C)CC=CC(=O)Nc1ccc(C(=O)N[C@@]2(C)CCCC(Nc3ncc(Cl)c(-c4c[nH]c5ccccc45)n3)C2)nc1. The largest absolute Gasteiger partial charge is 0.360 e. The van der Waals surface area contributed by atoms with Crippen molar-refractivity contribution < 1.29 is 9.59 Å². The summed E-state index contributed by atoms with van der Waals surface area (Å²) in [4.78, 5) is 43.9. The van der Waals surface area contributed by atoms with Gasteiger partial charge in [-0.1, -0.05) is 35.9 Å². The molecule has 5 rings (SSSR count). The van der Waals surface area contributed by atoms with Crippen LogP contribution in [-0.4, -0.2) is 68.9 Å². The molecule has 1 aliphatic rings. The number of hydrogen-bond donors (Lipinski definition) is 4. The van der Waals surface area contributed by atoms with E-state index in [0.29, 0.717) is 35.3 Å². The van der Waals surface area contributed by atoms with Crippen molar-refractivity contribution in [3.63, 3.8) is 0 Å². The number of pyridine rings is 1. The molecule has 1 saturated carbocycles. The van der Waals surface area contributed by atoms with E-state index in [9.17, 15) is 9.59 Å². The minimum Gasteiger partial charge on any atom is -0.360 e. The molecule has 2 atom stereocenters. The molecule has 0 saturated heterocycles. The fourth-order valence-corrected chi connectivity index (χ4v) is 5.49. The van der Waals surface area contributed by atoms with Gasteiger partial charge in [0.05, 0.1) is 28.8 Å². The topological polar surface area (TPSA) is 128 Å². The molecular weight excluding hydrogens is 552 g/mol. The van der Waals surface area contributed by atoms with E-state index in [0.717, 1.165) is 35.7 Å². The second-order valence-corrected chi connectivity index (χ2v) is 11.6. The summed E-state index contributed by atoms with van der Waals surface area (Å²) in [6.07, 6.45) is 11.7. The van der Waals surface area contributed by atoms with Gasteiger partial charge in [-0.05, 0) is 64.9 Å². The highest BCUT2D eigenvalue weighted by atomic mass is 35.5. The lowest BCUT2D eigenvalue weighted by molar-refractivity contribution is -0.111. The number of halogens is 1. The molecule has 42 heavy (non-hydrogen) atoms. The number of nitrogens with zero attached hydrogens (tertiary/aromatic N) is 4. The number of benzene rings is 1. The third kappa shape index (κ3) is 7.13. The van der Waals surface area contributed by atoms with Gasteiger partial charge in [-0.2, -0.15) is 0 Å². The standard InChI is InChI=1S/C31H35ClN8O2/c1-31(39-29(42)26-13-12-21(17-33-26)36-27(41)11-7-15-40(2)3)14-6-8-20(16-31)37-30-35-19-24(32)28(38-30)23-18-34-25-10-5-4-9-22(23)25/h4-5,7,9-13,17-20,34H,6,8,14-16H2,1-3H3,(H,36,41)(H,39,42)(H,35,37,38)/t20?,31-/m0/s1. The lowest BCUT2D eigenvalue weighted by Crippen LogP contribution is -2.51. The van der Waals surface area contributed by atoms with Gasteiger partial charge in [-0.25, -0.2) is 15.0 Å². The molecule has 1 aromatic carbocycles. The maximum Gasteiger partial charge on any atom is 0.270 e. The Balaban J connectivity index is 1.21. The molecule has 3 aromatic heterocycles. The Hall–Kier alpha value is -4.28. The number of amides is 2. The maximum atomic E-state index is 13.1. The molecule has 2 amide bonds. The molecular formula is C31H35ClN8O2. The lowest BCUT2D eigenvalue weighted by atomic mass is 9.80. The molecule has 1 unspecified atom stereocenters. The van der Waals surface area contributed by atoms with E-state index < -0.39 is 5.54 Å². The molecule has 4 N–H and O–H groups in total. The first-order chi connectivity index (χ1) is 20.2. The highest BCUT2D eigenvalue weighted by molar-refractivity contribution is 6.33. The smallest absolute Gasteiger partial charge is 0.270 e. The van der Waals surface area contributed by atoms with Crippen LogP contribution in [0.25, 0.3) is 22.2 Å². The van der Waals surface area contributed by atoms with E-state index >= 15 is 0 Å². The average molecular weight is 587 g/mol. The van der Waals surface area contributed by atoms with Gasteiger partial charge in [-0.3, -0.25) is 9.59 Å². The number of carbonyl (C=O) groups is 2. The fourth-order valence-electron chi connectivity index (χ4n) is 5.29. The first-order valence-corrected chi connectivity index (χ1v) is 14.3. The van der Waals surface area contributed by atoms with Gasteiger partial charge in [0.25, 0.3) is 5.91 Å².